The summed E-state index contributed by atoms with van der Waals surface area (Å²) >= 11 is 14.2. The molecule has 7 rings (SSSR count). The van der Waals surface area contributed by atoms with E-state index in [0.717, 1.165) is 97.4 Å². The Kier molecular flexibility index (Phi) is 10.8. The Morgan fingerprint density at radius 1 is 0.820 bits per heavy atom. The monoisotopic (exact) mass is 714 g/mol. The fourth-order valence-corrected chi connectivity index (χ4v) is 7.59. The Morgan fingerprint density at radius 3 is 1.98 bits per heavy atom. The highest BCUT2D eigenvalue weighted by Crippen LogP contribution is 2.42. The molecule has 4 heterocycles. The fraction of sp³-hybridized carbons (Fsp3) is 0.421. The third kappa shape index (κ3) is 7.75. The lowest BCUT2D eigenvalue weighted by Gasteiger charge is -2.34. The van der Waals surface area contributed by atoms with E-state index in [9.17, 15) is 0 Å². The number of piperazine rings is 1. The maximum absolute atomic E-state index is 7.12. The van der Waals surface area contributed by atoms with E-state index >= 15 is 0 Å². The van der Waals surface area contributed by atoms with E-state index in [0.29, 0.717) is 52.3 Å². The van der Waals surface area contributed by atoms with Crippen LogP contribution in [-0.4, -0.2) is 88.8 Å². The molecular weight excluding hydrogens is 671 g/mol. The van der Waals surface area contributed by atoms with Crippen LogP contribution in [0.2, 0.25) is 10.0 Å². The standard InChI is InChI=1S/C38H44Cl2N8O2/c1-24-7-4-8-25(44-24)19-41-20-33-37(49-2)45-31(21-42-33)29-11-5-9-27(35(29)39)28-10-6-12-30(36(28)40)32-22-43-34(38(46-32)50-3)23-47-15-17-48(18-16-47)26-13-14-26/h5-6,9-12,21-22,25-26,41,44H,1,4,7-8,13-20,23H2,2-3H3/t25-/m0/s1. The lowest BCUT2D eigenvalue weighted by atomic mass is 9.98. The molecule has 10 nitrogen and oxygen atoms in total. The molecule has 0 spiro atoms. The summed E-state index contributed by atoms with van der Waals surface area (Å²) in [5.41, 5.74) is 6.90. The maximum Gasteiger partial charge on any atom is 0.237 e. The average molecular weight is 716 g/mol. The molecule has 2 N–H and O–H groups in total. The van der Waals surface area contributed by atoms with Crippen molar-refractivity contribution in [3.8, 4) is 45.4 Å². The van der Waals surface area contributed by atoms with Crippen molar-refractivity contribution in [2.45, 2.75) is 57.3 Å². The minimum Gasteiger partial charge on any atom is -0.480 e. The number of ether oxygens (including phenoxy) is 2. The Morgan fingerprint density at radius 2 is 1.40 bits per heavy atom. The lowest BCUT2D eigenvalue weighted by Crippen LogP contribution is -2.46. The summed E-state index contributed by atoms with van der Waals surface area (Å²) in [6, 6.07) is 12.8. The van der Waals surface area contributed by atoms with Gasteiger partial charge in [0.2, 0.25) is 11.8 Å². The first-order valence-corrected chi connectivity index (χ1v) is 18.2. The van der Waals surface area contributed by atoms with Crippen molar-refractivity contribution in [2.24, 2.45) is 0 Å². The summed E-state index contributed by atoms with van der Waals surface area (Å²) < 4.78 is 11.4. The molecule has 3 fully saturated rings. The zero-order chi connectivity index (χ0) is 34.6. The van der Waals surface area contributed by atoms with E-state index in [1.54, 1.807) is 26.6 Å². The van der Waals surface area contributed by atoms with Gasteiger partial charge < -0.3 is 20.1 Å². The van der Waals surface area contributed by atoms with Crippen LogP contribution in [0.25, 0.3) is 33.6 Å². The van der Waals surface area contributed by atoms with E-state index in [-0.39, 0.29) is 0 Å². The van der Waals surface area contributed by atoms with Gasteiger partial charge in [-0.2, -0.15) is 0 Å². The zero-order valence-electron chi connectivity index (χ0n) is 28.7. The van der Waals surface area contributed by atoms with Gasteiger partial charge in [-0.25, -0.2) is 9.97 Å². The Labute approximate surface area is 304 Å². The molecule has 12 heteroatoms. The van der Waals surface area contributed by atoms with Crippen LogP contribution in [-0.2, 0) is 13.1 Å². The number of piperidine rings is 1. The number of methoxy groups -OCH3 is 2. The SMILES string of the molecule is C=C1CCC[C@@H](CNCc2ncc(-c3cccc(-c4cccc(-c5cnc(CN6CCN(C7CC7)CC6)c(OC)n5)c4Cl)c3Cl)nc2OC)N1. The van der Waals surface area contributed by atoms with Gasteiger partial charge in [0.05, 0.1) is 48.0 Å². The Balaban J connectivity index is 1.08. The number of rotatable bonds is 12. The normalized spacial score (nSPS) is 18.6. The van der Waals surface area contributed by atoms with E-state index < -0.39 is 0 Å². The number of aromatic nitrogens is 4. The summed E-state index contributed by atoms with van der Waals surface area (Å²) in [5.74, 6) is 0.963. The van der Waals surface area contributed by atoms with Gasteiger partial charge >= 0.3 is 0 Å². The summed E-state index contributed by atoms with van der Waals surface area (Å²) in [6.07, 6.45) is 9.50. The molecular formula is C38H44Cl2N8O2. The summed E-state index contributed by atoms with van der Waals surface area (Å²) in [4.78, 5) is 24.2. The number of halogens is 2. The molecule has 2 aromatic heterocycles. The van der Waals surface area contributed by atoms with Crippen LogP contribution in [0.1, 0.15) is 43.5 Å². The highest BCUT2D eigenvalue weighted by atomic mass is 35.5. The number of hydrogen-bond donors (Lipinski definition) is 2. The number of hydrogen-bond acceptors (Lipinski definition) is 10. The zero-order valence-corrected chi connectivity index (χ0v) is 30.2. The van der Waals surface area contributed by atoms with Gasteiger partial charge in [-0.3, -0.25) is 19.8 Å². The fourth-order valence-electron chi connectivity index (χ4n) is 6.94. The van der Waals surface area contributed by atoms with Gasteiger partial charge in [-0.1, -0.05) is 66.2 Å². The number of nitrogens with zero attached hydrogens (tertiary/aromatic N) is 6. The Bertz CT molecular complexity index is 1840. The van der Waals surface area contributed by atoms with E-state index in [4.69, 9.17) is 52.6 Å². The third-order valence-electron chi connectivity index (χ3n) is 9.82. The van der Waals surface area contributed by atoms with Crippen LogP contribution >= 0.6 is 23.2 Å². The first kappa shape index (κ1) is 34.6. The van der Waals surface area contributed by atoms with Crippen LogP contribution in [0.15, 0.2) is 61.1 Å². The summed E-state index contributed by atoms with van der Waals surface area (Å²) in [5, 5.41) is 7.98. The number of nitrogens with one attached hydrogen (secondary N) is 2. The molecule has 2 saturated heterocycles. The maximum atomic E-state index is 7.12. The van der Waals surface area contributed by atoms with Gasteiger partial charge in [-0.05, 0) is 32.1 Å². The lowest BCUT2D eigenvalue weighted by molar-refractivity contribution is 0.119. The van der Waals surface area contributed by atoms with E-state index in [1.165, 1.54) is 12.8 Å². The van der Waals surface area contributed by atoms with Crippen LogP contribution in [0.5, 0.6) is 11.8 Å². The van der Waals surface area contributed by atoms with Crippen molar-refractivity contribution in [3.63, 3.8) is 0 Å². The molecule has 1 saturated carbocycles. The second-order valence-corrected chi connectivity index (χ2v) is 14.0. The number of allylic oxidation sites excluding steroid dienone is 1. The molecule has 50 heavy (non-hydrogen) atoms. The van der Waals surface area contributed by atoms with E-state index in [1.807, 2.05) is 36.4 Å². The van der Waals surface area contributed by atoms with Crippen molar-refractivity contribution in [3.05, 3.63) is 82.5 Å². The predicted molar refractivity (Wildman–Crippen MR) is 199 cm³/mol. The van der Waals surface area contributed by atoms with Crippen molar-refractivity contribution in [1.82, 2.24) is 40.4 Å². The van der Waals surface area contributed by atoms with Crippen molar-refractivity contribution in [2.75, 3.05) is 46.9 Å². The first-order valence-electron chi connectivity index (χ1n) is 17.4. The van der Waals surface area contributed by atoms with Crippen LogP contribution in [0, 0.1) is 0 Å². The summed E-state index contributed by atoms with van der Waals surface area (Å²) in [7, 11) is 3.24. The van der Waals surface area contributed by atoms with Crippen molar-refractivity contribution in [1.29, 1.82) is 0 Å². The first-order chi connectivity index (χ1) is 24.4. The molecule has 0 unspecified atom stereocenters. The second kappa shape index (κ2) is 15.6. The van der Waals surface area contributed by atoms with Gasteiger partial charge in [0.25, 0.3) is 0 Å². The van der Waals surface area contributed by atoms with E-state index in [2.05, 4.69) is 27.0 Å². The van der Waals surface area contributed by atoms with Crippen LogP contribution < -0.4 is 20.1 Å². The predicted octanol–water partition coefficient (Wildman–Crippen LogP) is 6.62. The quantitative estimate of drug-likeness (QED) is 0.167. The minimum atomic E-state index is 0.359. The third-order valence-corrected chi connectivity index (χ3v) is 10.6. The van der Waals surface area contributed by atoms with Crippen molar-refractivity contribution < 1.29 is 9.47 Å². The average Bonchev–Trinajstić information content (AvgIpc) is 3.99. The molecule has 0 radical (unpaired) electrons. The topological polar surface area (TPSA) is 101 Å². The second-order valence-electron chi connectivity index (χ2n) is 13.3. The summed E-state index contributed by atoms with van der Waals surface area (Å²) in [6.45, 7) is 10.3. The molecule has 0 bridgehead atoms. The van der Waals surface area contributed by atoms with Gasteiger partial charge in [0.1, 0.15) is 11.4 Å². The van der Waals surface area contributed by atoms with Gasteiger partial charge in [0, 0.05) is 85.8 Å². The van der Waals surface area contributed by atoms with Gasteiger partial charge in [-0.15, -0.1) is 0 Å². The molecule has 0 amide bonds. The number of benzene rings is 2. The Hall–Kier alpha value is -3.80. The minimum absolute atomic E-state index is 0.359. The van der Waals surface area contributed by atoms with Crippen LogP contribution in [0.3, 0.4) is 0 Å². The molecule has 262 valence electrons. The molecule has 2 aromatic carbocycles. The molecule has 2 aliphatic heterocycles. The molecule has 4 aromatic rings. The molecule has 1 aliphatic carbocycles. The molecule has 3 aliphatic rings. The highest BCUT2D eigenvalue weighted by Gasteiger charge is 2.31. The molecule has 1 atom stereocenters. The largest absolute Gasteiger partial charge is 0.480 e. The van der Waals surface area contributed by atoms with Gasteiger partial charge in [0.15, 0.2) is 0 Å². The van der Waals surface area contributed by atoms with Crippen LogP contribution in [0.4, 0.5) is 0 Å². The van der Waals surface area contributed by atoms with Crippen molar-refractivity contribution >= 4 is 23.2 Å². The smallest absolute Gasteiger partial charge is 0.237 e. The highest BCUT2D eigenvalue weighted by molar-refractivity contribution is 6.39.